The van der Waals surface area contributed by atoms with Gasteiger partial charge in [-0.3, -0.25) is 9.88 Å². The highest BCUT2D eigenvalue weighted by Crippen LogP contribution is 2.22. The monoisotopic (exact) mass is 238 g/mol. The van der Waals surface area contributed by atoms with Crippen molar-refractivity contribution in [3.63, 3.8) is 0 Å². The topological polar surface area (TPSA) is 16.1 Å². The highest BCUT2D eigenvalue weighted by molar-refractivity contribution is 6.30. The van der Waals surface area contributed by atoms with Crippen molar-refractivity contribution in [3.8, 4) is 0 Å². The van der Waals surface area contributed by atoms with Gasteiger partial charge in [-0.2, -0.15) is 0 Å². The summed E-state index contributed by atoms with van der Waals surface area (Å²) in [6.45, 7) is 5.64. The molecule has 0 bridgehead atoms. The molecular weight excluding hydrogens is 220 g/mol. The molecule has 0 saturated carbocycles. The Bertz CT molecular complexity index is 340. The zero-order valence-corrected chi connectivity index (χ0v) is 10.6. The molecule has 16 heavy (non-hydrogen) atoms. The highest BCUT2D eigenvalue weighted by Gasteiger charge is 2.21. The van der Waals surface area contributed by atoms with E-state index in [1.165, 1.54) is 32.4 Å². The van der Waals surface area contributed by atoms with Crippen molar-refractivity contribution in [1.82, 2.24) is 9.88 Å². The van der Waals surface area contributed by atoms with Gasteiger partial charge in [0.1, 0.15) is 0 Å². The average Bonchev–Trinajstić information content (AvgIpc) is 2.66. The Labute approximate surface area is 103 Å². The number of likely N-dealkylation sites (tertiary alicyclic amines) is 1. The maximum absolute atomic E-state index is 5.95. The van der Waals surface area contributed by atoms with Gasteiger partial charge in [0.05, 0.1) is 5.69 Å². The smallest absolute Gasteiger partial charge is 0.0558 e. The Balaban J connectivity index is 1.87. The van der Waals surface area contributed by atoms with Crippen LogP contribution in [0.2, 0.25) is 5.02 Å². The van der Waals surface area contributed by atoms with Crippen LogP contribution in [0.1, 0.15) is 31.9 Å². The second-order valence-electron chi connectivity index (χ2n) is 4.64. The first-order valence-corrected chi connectivity index (χ1v) is 6.48. The number of aromatic nitrogens is 1. The van der Waals surface area contributed by atoms with Crippen LogP contribution in [0.4, 0.5) is 0 Å². The molecule has 1 unspecified atom stereocenters. The van der Waals surface area contributed by atoms with Crippen LogP contribution in [0.25, 0.3) is 0 Å². The van der Waals surface area contributed by atoms with E-state index < -0.39 is 0 Å². The van der Waals surface area contributed by atoms with E-state index in [4.69, 9.17) is 11.6 Å². The summed E-state index contributed by atoms with van der Waals surface area (Å²) in [4.78, 5) is 6.83. The van der Waals surface area contributed by atoms with Crippen LogP contribution in [0.5, 0.6) is 0 Å². The maximum atomic E-state index is 5.95. The molecule has 1 aromatic rings. The van der Waals surface area contributed by atoms with Gasteiger partial charge in [0.15, 0.2) is 0 Å². The predicted octanol–water partition coefficient (Wildman–Crippen LogP) is 3.36. The Morgan fingerprint density at radius 2 is 2.44 bits per heavy atom. The fourth-order valence-corrected chi connectivity index (χ4v) is 2.65. The second kappa shape index (κ2) is 5.65. The van der Waals surface area contributed by atoms with E-state index in [0.29, 0.717) is 0 Å². The molecule has 0 aliphatic carbocycles. The zero-order valence-electron chi connectivity index (χ0n) is 9.82. The first-order chi connectivity index (χ1) is 7.78. The van der Waals surface area contributed by atoms with Gasteiger partial charge >= 0.3 is 0 Å². The highest BCUT2D eigenvalue weighted by atomic mass is 35.5. The van der Waals surface area contributed by atoms with Gasteiger partial charge in [0.25, 0.3) is 0 Å². The Morgan fingerprint density at radius 3 is 3.19 bits per heavy atom. The number of nitrogens with zero attached hydrogens (tertiary/aromatic N) is 2. The average molecular weight is 239 g/mol. The minimum absolute atomic E-state index is 0.786. The molecule has 3 heteroatoms. The summed E-state index contributed by atoms with van der Waals surface area (Å²) >= 11 is 5.95. The van der Waals surface area contributed by atoms with Crippen molar-refractivity contribution in [2.45, 2.75) is 32.7 Å². The summed E-state index contributed by atoms with van der Waals surface area (Å²) in [6.07, 6.45) is 5.79. The summed E-state index contributed by atoms with van der Waals surface area (Å²) in [5.74, 6) is 0.893. The lowest BCUT2D eigenvalue weighted by atomic mass is 10.0. The van der Waals surface area contributed by atoms with Crippen LogP contribution in [-0.4, -0.2) is 23.0 Å². The molecule has 0 spiro atoms. The number of rotatable bonds is 4. The van der Waals surface area contributed by atoms with E-state index in [1.54, 1.807) is 6.20 Å². The van der Waals surface area contributed by atoms with Crippen LogP contribution in [0, 0.1) is 5.92 Å². The lowest BCUT2D eigenvalue weighted by Gasteiger charge is -2.15. The predicted molar refractivity (Wildman–Crippen MR) is 67.5 cm³/mol. The van der Waals surface area contributed by atoms with Crippen molar-refractivity contribution in [2.24, 2.45) is 5.92 Å². The lowest BCUT2D eigenvalue weighted by Crippen LogP contribution is -2.20. The van der Waals surface area contributed by atoms with Gasteiger partial charge in [-0.05, 0) is 37.4 Å². The standard InChI is InChI=1S/C13H19ClN2/c1-2-3-11-5-7-16(9-11)10-13-8-12(14)4-6-15-13/h4,6,8,11H,2-3,5,7,9-10H2,1H3. The van der Waals surface area contributed by atoms with Crippen LogP contribution in [0.15, 0.2) is 18.3 Å². The van der Waals surface area contributed by atoms with Crippen LogP contribution >= 0.6 is 11.6 Å². The zero-order chi connectivity index (χ0) is 11.4. The van der Waals surface area contributed by atoms with Crippen molar-refractivity contribution in [3.05, 3.63) is 29.0 Å². The van der Waals surface area contributed by atoms with E-state index >= 15 is 0 Å². The summed E-state index contributed by atoms with van der Waals surface area (Å²) in [6, 6.07) is 3.80. The fraction of sp³-hybridized carbons (Fsp3) is 0.615. The minimum atomic E-state index is 0.786. The number of pyridine rings is 1. The molecule has 2 nitrogen and oxygen atoms in total. The minimum Gasteiger partial charge on any atom is -0.297 e. The lowest BCUT2D eigenvalue weighted by molar-refractivity contribution is 0.309. The fourth-order valence-electron chi connectivity index (χ4n) is 2.46. The second-order valence-corrected chi connectivity index (χ2v) is 5.08. The van der Waals surface area contributed by atoms with Gasteiger partial charge < -0.3 is 0 Å². The number of hydrogen-bond donors (Lipinski definition) is 0. The van der Waals surface area contributed by atoms with E-state index in [0.717, 1.165) is 23.2 Å². The van der Waals surface area contributed by atoms with Gasteiger partial charge in [-0.15, -0.1) is 0 Å². The molecule has 0 radical (unpaired) electrons. The first kappa shape index (κ1) is 11.9. The summed E-state index contributed by atoms with van der Waals surface area (Å²) < 4.78 is 0. The summed E-state index contributed by atoms with van der Waals surface area (Å²) in [5, 5.41) is 0.786. The molecule has 1 saturated heterocycles. The molecule has 2 rings (SSSR count). The molecule has 2 heterocycles. The molecule has 88 valence electrons. The molecule has 1 aliphatic heterocycles. The van der Waals surface area contributed by atoms with Gasteiger partial charge in [0, 0.05) is 24.3 Å². The van der Waals surface area contributed by atoms with Crippen LogP contribution in [0.3, 0.4) is 0 Å². The Hall–Kier alpha value is -0.600. The third kappa shape index (κ3) is 3.19. The molecular formula is C13H19ClN2. The molecule has 0 N–H and O–H groups in total. The SMILES string of the molecule is CCCC1CCN(Cc2cc(Cl)ccn2)C1. The van der Waals surface area contributed by atoms with Gasteiger partial charge in [-0.1, -0.05) is 24.9 Å². The van der Waals surface area contributed by atoms with Gasteiger partial charge in [0.2, 0.25) is 0 Å². The number of hydrogen-bond acceptors (Lipinski definition) is 2. The van der Waals surface area contributed by atoms with Crippen LogP contribution in [-0.2, 0) is 6.54 Å². The number of halogens is 1. The van der Waals surface area contributed by atoms with Crippen LogP contribution < -0.4 is 0 Å². The first-order valence-electron chi connectivity index (χ1n) is 6.10. The summed E-state index contributed by atoms with van der Waals surface area (Å²) in [5.41, 5.74) is 1.09. The van der Waals surface area contributed by atoms with Crippen molar-refractivity contribution < 1.29 is 0 Å². The third-order valence-electron chi connectivity index (χ3n) is 3.23. The third-order valence-corrected chi connectivity index (χ3v) is 3.47. The molecule has 0 amide bonds. The largest absolute Gasteiger partial charge is 0.297 e. The van der Waals surface area contributed by atoms with E-state index in [1.807, 2.05) is 12.1 Å². The molecule has 1 fully saturated rings. The maximum Gasteiger partial charge on any atom is 0.0558 e. The Morgan fingerprint density at radius 1 is 1.56 bits per heavy atom. The Kier molecular flexibility index (Phi) is 4.19. The quantitative estimate of drug-likeness (QED) is 0.800. The van der Waals surface area contributed by atoms with Crippen molar-refractivity contribution >= 4 is 11.6 Å². The molecule has 1 atom stereocenters. The summed E-state index contributed by atoms with van der Waals surface area (Å²) in [7, 11) is 0. The molecule has 1 aromatic heterocycles. The van der Waals surface area contributed by atoms with E-state index in [9.17, 15) is 0 Å². The van der Waals surface area contributed by atoms with Crippen molar-refractivity contribution in [1.29, 1.82) is 0 Å². The normalized spacial score (nSPS) is 21.5. The van der Waals surface area contributed by atoms with Gasteiger partial charge in [-0.25, -0.2) is 0 Å². The van der Waals surface area contributed by atoms with Crippen molar-refractivity contribution in [2.75, 3.05) is 13.1 Å². The van der Waals surface area contributed by atoms with E-state index in [2.05, 4.69) is 16.8 Å². The van der Waals surface area contributed by atoms with E-state index in [-0.39, 0.29) is 0 Å². The molecule has 0 aromatic carbocycles. The molecule has 1 aliphatic rings.